The zero-order valence-electron chi connectivity index (χ0n) is 7.93. The molecule has 14 heavy (non-hydrogen) atoms. The fraction of sp³-hybridized carbons (Fsp3) is 0.400. The lowest BCUT2D eigenvalue weighted by atomic mass is 10.2. The van der Waals surface area contributed by atoms with E-state index in [1.165, 1.54) is 6.07 Å². The first-order chi connectivity index (χ1) is 6.68. The summed E-state index contributed by atoms with van der Waals surface area (Å²) in [6.07, 6.45) is 1.10. The summed E-state index contributed by atoms with van der Waals surface area (Å²) in [6.45, 7) is 2.13. The fourth-order valence-electron chi connectivity index (χ4n) is 1.48. The van der Waals surface area contributed by atoms with E-state index in [-0.39, 0.29) is 10.6 Å². The van der Waals surface area contributed by atoms with E-state index in [1.54, 1.807) is 12.1 Å². The number of anilines is 1. The number of para-hydroxylation sites is 2. The van der Waals surface area contributed by atoms with Gasteiger partial charge in [0.2, 0.25) is 0 Å². The molecular formula is C10H12N2O2. The molecule has 0 aromatic heterocycles. The zero-order valence-corrected chi connectivity index (χ0v) is 7.93. The van der Waals surface area contributed by atoms with E-state index in [9.17, 15) is 10.1 Å². The van der Waals surface area contributed by atoms with Gasteiger partial charge in [-0.1, -0.05) is 19.1 Å². The highest BCUT2D eigenvalue weighted by Crippen LogP contribution is 2.35. The van der Waals surface area contributed by atoms with Gasteiger partial charge in [-0.25, -0.2) is 0 Å². The highest BCUT2D eigenvalue weighted by atomic mass is 16.6. The monoisotopic (exact) mass is 192 g/mol. The molecule has 0 radical (unpaired) electrons. The van der Waals surface area contributed by atoms with Gasteiger partial charge >= 0.3 is 0 Å². The first-order valence-electron chi connectivity index (χ1n) is 4.68. The Balaban J connectivity index is 2.19. The van der Waals surface area contributed by atoms with Gasteiger partial charge in [-0.2, -0.15) is 0 Å². The lowest BCUT2D eigenvalue weighted by Crippen LogP contribution is -2.05. The molecule has 2 atom stereocenters. The Morgan fingerprint density at radius 3 is 2.71 bits per heavy atom. The van der Waals surface area contributed by atoms with Crippen LogP contribution in [0.1, 0.15) is 13.3 Å². The highest BCUT2D eigenvalue weighted by molar-refractivity contribution is 5.62. The summed E-state index contributed by atoms with van der Waals surface area (Å²) in [7, 11) is 0. The van der Waals surface area contributed by atoms with Crippen LogP contribution in [0.4, 0.5) is 11.4 Å². The Labute approximate surface area is 82.1 Å². The Morgan fingerprint density at radius 2 is 2.14 bits per heavy atom. The maximum atomic E-state index is 10.7. The molecule has 1 aliphatic carbocycles. The van der Waals surface area contributed by atoms with E-state index in [2.05, 4.69) is 12.2 Å². The predicted molar refractivity (Wildman–Crippen MR) is 54.3 cm³/mol. The van der Waals surface area contributed by atoms with Gasteiger partial charge < -0.3 is 5.32 Å². The molecule has 74 valence electrons. The second-order valence-corrected chi connectivity index (χ2v) is 3.74. The second kappa shape index (κ2) is 3.29. The van der Waals surface area contributed by atoms with Crippen LogP contribution < -0.4 is 5.32 Å². The van der Waals surface area contributed by atoms with Crippen LogP contribution in [-0.4, -0.2) is 11.0 Å². The average molecular weight is 192 g/mol. The largest absolute Gasteiger partial charge is 0.376 e. The third-order valence-electron chi connectivity index (χ3n) is 2.55. The molecule has 4 heteroatoms. The van der Waals surface area contributed by atoms with E-state index in [0.29, 0.717) is 17.6 Å². The summed E-state index contributed by atoms with van der Waals surface area (Å²) in [5.74, 6) is 0.634. The number of nitrogens with one attached hydrogen (secondary N) is 1. The van der Waals surface area contributed by atoms with Crippen LogP contribution >= 0.6 is 0 Å². The number of benzene rings is 1. The van der Waals surface area contributed by atoms with Crippen molar-refractivity contribution in [3.8, 4) is 0 Å². The lowest BCUT2D eigenvalue weighted by Gasteiger charge is -2.04. The minimum atomic E-state index is -0.352. The van der Waals surface area contributed by atoms with Crippen molar-refractivity contribution in [2.24, 2.45) is 5.92 Å². The molecule has 0 spiro atoms. The van der Waals surface area contributed by atoms with Crippen LogP contribution in [0.2, 0.25) is 0 Å². The van der Waals surface area contributed by atoms with Crippen molar-refractivity contribution < 1.29 is 4.92 Å². The number of rotatable bonds is 3. The molecule has 0 heterocycles. The van der Waals surface area contributed by atoms with Gasteiger partial charge in [0.15, 0.2) is 0 Å². The molecule has 1 fully saturated rings. The Kier molecular flexibility index (Phi) is 2.11. The van der Waals surface area contributed by atoms with E-state index in [0.717, 1.165) is 6.42 Å². The number of nitro benzene ring substituents is 1. The summed E-state index contributed by atoms with van der Waals surface area (Å²) >= 11 is 0. The third-order valence-corrected chi connectivity index (χ3v) is 2.55. The molecule has 0 amide bonds. The first-order valence-corrected chi connectivity index (χ1v) is 4.68. The van der Waals surface area contributed by atoms with Crippen LogP contribution in [-0.2, 0) is 0 Å². The van der Waals surface area contributed by atoms with Crippen LogP contribution in [0.5, 0.6) is 0 Å². The van der Waals surface area contributed by atoms with Crippen molar-refractivity contribution in [1.29, 1.82) is 0 Å². The Bertz CT molecular complexity index is 365. The molecule has 0 aliphatic heterocycles. The predicted octanol–water partition coefficient (Wildman–Crippen LogP) is 2.42. The van der Waals surface area contributed by atoms with Gasteiger partial charge in [-0.15, -0.1) is 0 Å². The minimum Gasteiger partial charge on any atom is -0.376 e. The normalized spacial score (nSPS) is 24.4. The summed E-state index contributed by atoms with van der Waals surface area (Å²) in [4.78, 5) is 10.3. The summed E-state index contributed by atoms with van der Waals surface area (Å²) in [5.41, 5.74) is 0.790. The number of nitro groups is 1. The van der Waals surface area contributed by atoms with Crippen molar-refractivity contribution in [2.75, 3.05) is 5.32 Å². The smallest absolute Gasteiger partial charge is 0.292 e. The molecule has 4 nitrogen and oxygen atoms in total. The van der Waals surface area contributed by atoms with Gasteiger partial charge in [0.25, 0.3) is 5.69 Å². The molecule has 0 saturated heterocycles. The maximum absolute atomic E-state index is 10.7. The van der Waals surface area contributed by atoms with Crippen molar-refractivity contribution in [2.45, 2.75) is 19.4 Å². The minimum absolute atomic E-state index is 0.159. The van der Waals surface area contributed by atoms with Crippen LogP contribution in [0.3, 0.4) is 0 Å². The molecule has 1 aliphatic rings. The van der Waals surface area contributed by atoms with Gasteiger partial charge in [-0.05, 0) is 18.4 Å². The maximum Gasteiger partial charge on any atom is 0.292 e. The van der Waals surface area contributed by atoms with E-state index >= 15 is 0 Å². The molecular weight excluding hydrogens is 180 g/mol. The topological polar surface area (TPSA) is 55.2 Å². The highest BCUT2D eigenvalue weighted by Gasteiger charge is 2.33. The molecule has 0 bridgehead atoms. The Morgan fingerprint density at radius 1 is 1.50 bits per heavy atom. The van der Waals surface area contributed by atoms with E-state index in [1.807, 2.05) is 6.07 Å². The van der Waals surface area contributed by atoms with Gasteiger partial charge in [0.05, 0.1) is 4.92 Å². The quantitative estimate of drug-likeness (QED) is 0.591. The third kappa shape index (κ3) is 1.69. The molecule has 1 N–H and O–H groups in total. The van der Waals surface area contributed by atoms with Crippen LogP contribution in [0.15, 0.2) is 24.3 Å². The number of hydrogen-bond donors (Lipinski definition) is 1. The zero-order chi connectivity index (χ0) is 10.1. The van der Waals surface area contributed by atoms with Crippen molar-refractivity contribution in [1.82, 2.24) is 0 Å². The standard InChI is InChI=1S/C10H12N2O2/c1-7-6-9(7)11-8-4-2-3-5-10(8)12(13)14/h2-5,7,9,11H,6H2,1H3. The van der Waals surface area contributed by atoms with Crippen LogP contribution in [0, 0.1) is 16.0 Å². The first kappa shape index (κ1) is 8.99. The lowest BCUT2D eigenvalue weighted by molar-refractivity contribution is -0.384. The summed E-state index contributed by atoms with van der Waals surface area (Å²) in [5, 5.41) is 13.8. The molecule has 1 saturated carbocycles. The van der Waals surface area contributed by atoms with Crippen molar-refractivity contribution in [3.05, 3.63) is 34.4 Å². The number of nitrogens with zero attached hydrogens (tertiary/aromatic N) is 1. The molecule has 2 rings (SSSR count). The average Bonchev–Trinajstić information content (AvgIpc) is 2.82. The van der Waals surface area contributed by atoms with Gasteiger partial charge in [0, 0.05) is 12.1 Å². The fourth-order valence-corrected chi connectivity index (χ4v) is 1.48. The summed E-state index contributed by atoms with van der Waals surface area (Å²) < 4.78 is 0. The van der Waals surface area contributed by atoms with Crippen molar-refractivity contribution >= 4 is 11.4 Å². The van der Waals surface area contributed by atoms with E-state index < -0.39 is 0 Å². The summed E-state index contributed by atoms with van der Waals surface area (Å²) in [6, 6.07) is 7.18. The van der Waals surface area contributed by atoms with Crippen molar-refractivity contribution in [3.63, 3.8) is 0 Å². The second-order valence-electron chi connectivity index (χ2n) is 3.74. The molecule has 1 aromatic carbocycles. The SMILES string of the molecule is CC1CC1Nc1ccccc1[N+](=O)[O-]. The number of hydrogen-bond acceptors (Lipinski definition) is 3. The van der Waals surface area contributed by atoms with Gasteiger partial charge in [-0.3, -0.25) is 10.1 Å². The Hall–Kier alpha value is -1.58. The molecule has 1 aromatic rings. The molecule has 2 unspecified atom stereocenters. The van der Waals surface area contributed by atoms with Crippen LogP contribution in [0.25, 0.3) is 0 Å². The van der Waals surface area contributed by atoms with Gasteiger partial charge in [0.1, 0.15) is 5.69 Å². The van der Waals surface area contributed by atoms with E-state index in [4.69, 9.17) is 0 Å².